The Morgan fingerprint density at radius 2 is 1.67 bits per heavy atom. The zero-order valence-corrected chi connectivity index (χ0v) is 11.4. The van der Waals surface area contributed by atoms with E-state index in [0.29, 0.717) is 5.92 Å². The van der Waals surface area contributed by atoms with Crippen molar-refractivity contribution in [2.75, 3.05) is 0 Å². The second kappa shape index (κ2) is 4.69. The second-order valence-corrected chi connectivity index (χ2v) is 5.65. The number of benzene rings is 2. The van der Waals surface area contributed by atoms with Gasteiger partial charge in [-0.15, -0.1) is 0 Å². The maximum atomic E-state index is 12.3. The van der Waals surface area contributed by atoms with Crippen molar-refractivity contribution in [3.63, 3.8) is 0 Å². The third kappa shape index (κ3) is 2.25. The van der Waals surface area contributed by atoms with Crippen molar-refractivity contribution < 1.29 is 4.79 Å². The van der Waals surface area contributed by atoms with Crippen LogP contribution in [0, 0.1) is 5.92 Å². The Kier molecular flexibility index (Phi) is 3.04. The summed E-state index contributed by atoms with van der Waals surface area (Å²) in [5.41, 5.74) is 2.11. The van der Waals surface area contributed by atoms with Gasteiger partial charge in [0.25, 0.3) is 0 Å². The molecule has 18 heavy (non-hydrogen) atoms. The minimum absolute atomic E-state index is 0.175. The van der Waals surface area contributed by atoms with Crippen molar-refractivity contribution in [3.05, 3.63) is 70.2 Å². The van der Waals surface area contributed by atoms with Crippen LogP contribution in [-0.4, -0.2) is 5.78 Å². The number of hydrogen-bond acceptors (Lipinski definition) is 1. The lowest BCUT2D eigenvalue weighted by Crippen LogP contribution is -2.02. The van der Waals surface area contributed by atoms with Gasteiger partial charge in [-0.05, 0) is 30.0 Å². The first-order valence-corrected chi connectivity index (χ1v) is 6.90. The van der Waals surface area contributed by atoms with Crippen molar-refractivity contribution >= 4 is 21.7 Å². The molecule has 1 nitrogen and oxygen atoms in total. The third-order valence-electron chi connectivity index (χ3n) is 3.48. The van der Waals surface area contributed by atoms with Crippen LogP contribution < -0.4 is 0 Å². The second-order valence-electron chi connectivity index (χ2n) is 4.73. The molecule has 0 bridgehead atoms. The third-order valence-corrected chi connectivity index (χ3v) is 4.01. The summed E-state index contributed by atoms with van der Waals surface area (Å²) in [4.78, 5) is 12.3. The highest BCUT2D eigenvalue weighted by atomic mass is 79.9. The highest BCUT2D eigenvalue weighted by molar-refractivity contribution is 9.10. The Labute approximate surface area is 115 Å². The summed E-state index contributed by atoms with van der Waals surface area (Å²) >= 11 is 3.38. The highest BCUT2D eigenvalue weighted by Gasteiger charge is 2.43. The molecule has 2 atom stereocenters. The monoisotopic (exact) mass is 300 g/mol. The van der Waals surface area contributed by atoms with Crippen LogP contribution in [0.25, 0.3) is 0 Å². The van der Waals surface area contributed by atoms with Crippen molar-refractivity contribution in [2.24, 2.45) is 5.92 Å². The summed E-state index contributed by atoms with van der Waals surface area (Å²) in [5.74, 6) is 0.868. The van der Waals surface area contributed by atoms with E-state index in [9.17, 15) is 4.79 Å². The Morgan fingerprint density at radius 1 is 1.00 bits per heavy atom. The largest absolute Gasteiger partial charge is 0.294 e. The summed E-state index contributed by atoms with van der Waals surface area (Å²) in [6, 6.07) is 17.9. The van der Waals surface area contributed by atoms with Gasteiger partial charge in [0.15, 0.2) is 5.78 Å². The van der Waals surface area contributed by atoms with Crippen molar-refractivity contribution in [1.82, 2.24) is 0 Å². The number of carbonyl (C=O) groups excluding carboxylic acids is 1. The molecule has 2 aromatic rings. The van der Waals surface area contributed by atoms with E-state index in [1.807, 2.05) is 42.5 Å². The number of ketones is 1. The minimum atomic E-state index is 0.175. The maximum absolute atomic E-state index is 12.3. The maximum Gasteiger partial charge on any atom is 0.166 e. The molecule has 0 amide bonds. The average Bonchev–Trinajstić information content (AvgIpc) is 3.20. The molecular weight excluding hydrogens is 288 g/mol. The van der Waals surface area contributed by atoms with E-state index >= 15 is 0 Å². The summed E-state index contributed by atoms with van der Waals surface area (Å²) in [7, 11) is 0. The number of hydrogen-bond donors (Lipinski definition) is 0. The normalized spacial score (nSPS) is 21.6. The lowest BCUT2D eigenvalue weighted by Gasteiger charge is -2.01. The average molecular weight is 301 g/mol. The summed E-state index contributed by atoms with van der Waals surface area (Å²) < 4.78 is 1.01. The first-order chi connectivity index (χ1) is 8.75. The van der Waals surface area contributed by atoms with E-state index in [-0.39, 0.29) is 11.7 Å². The number of carbonyl (C=O) groups is 1. The van der Waals surface area contributed by atoms with Crippen LogP contribution in [0.5, 0.6) is 0 Å². The van der Waals surface area contributed by atoms with Crippen molar-refractivity contribution in [3.8, 4) is 0 Å². The lowest BCUT2D eigenvalue weighted by atomic mass is 10.0. The van der Waals surface area contributed by atoms with Crippen molar-refractivity contribution in [2.45, 2.75) is 12.3 Å². The van der Waals surface area contributed by atoms with Gasteiger partial charge in [0.1, 0.15) is 0 Å². The SMILES string of the molecule is O=C(c1ccc(Br)cc1)C1CC1c1ccccc1. The van der Waals surface area contributed by atoms with E-state index in [2.05, 4.69) is 28.1 Å². The first-order valence-electron chi connectivity index (χ1n) is 6.10. The van der Waals surface area contributed by atoms with Gasteiger partial charge >= 0.3 is 0 Å². The molecule has 0 aromatic heterocycles. The number of halogens is 1. The van der Waals surface area contributed by atoms with E-state index in [1.165, 1.54) is 5.56 Å². The molecule has 2 unspecified atom stereocenters. The molecular formula is C16H13BrO. The molecule has 3 rings (SSSR count). The Hall–Kier alpha value is -1.41. The van der Waals surface area contributed by atoms with Crippen LogP contribution in [0.3, 0.4) is 0 Å². The van der Waals surface area contributed by atoms with E-state index in [4.69, 9.17) is 0 Å². The standard InChI is InChI=1S/C16H13BrO/c17-13-8-6-12(7-9-13)16(18)15-10-14(15)11-4-2-1-3-5-11/h1-9,14-15H,10H2. The fourth-order valence-corrected chi connectivity index (χ4v) is 2.65. The summed E-state index contributed by atoms with van der Waals surface area (Å²) in [5, 5.41) is 0. The van der Waals surface area contributed by atoms with Crippen LogP contribution >= 0.6 is 15.9 Å². The van der Waals surface area contributed by atoms with Crippen LogP contribution in [-0.2, 0) is 0 Å². The smallest absolute Gasteiger partial charge is 0.166 e. The molecule has 0 spiro atoms. The summed E-state index contributed by atoms with van der Waals surface area (Å²) in [6.07, 6.45) is 0.985. The van der Waals surface area contributed by atoms with E-state index in [0.717, 1.165) is 16.5 Å². The fourth-order valence-electron chi connectivity index (χ4n) is 2.38. The van der Waals surface area contributed by atoms with Crippen LogP contribution in [0.1, 0.15) is 28.3 Å². The van der Waals surface area contributed by atoms with E-state index in [1.54, 1.807) is 0 Å². The zero-order valence-electron chi connectivity index (χ0n) is 9.84. The predicted octanol–water partition coefficient (Wildman–Crippen LogP) is 4.44. The Bertz CT molecular complexity index is 559. The predicted molar refractivity (Wildman–Crippen MR) is 75.8 cm³/mol. The topological polar surface area (TPSA) is 17.1 Å². The minimum Gasteiger partial charge on any atom is -0.294 e. The zero-order chi connectivity index (χ0) is 12.5. The molecule has 0 saturated heterocycles. The van der Waals surface area contributed by atoms with Crippen LogP contribution in [0.2, 0.25) is 0 Å². The van der Waals surface area contributed by atoms with Gasteiger partial charge in [0.2, 0.25) is 0 Å². The number of Topliss-reactive ketones (excluding diaryl/α,β-unsaturated/α-hetero) is 1. The summed E-state index contributed by atoms with van der Waals surface area (Å²) in [6.45, 7) is 0. The molecule has 1 fully saturated rings. The van der Waals surface area contributed by atoms with Crippen molar-refractivity contribution in [1.29, 1.82) is 0 Å². The van der Waals surface area contributed by atoms with Gasteiger partial charge in [-0.3, -0.25) is 4.79 Å². The van der Waals surface area contributed by atoms with Gasteiger partial charge in [0.05, 0.1) is 0 Å². The molecule has 0 aliphatic heterocycles. The number of rotatable bonds is 3. The van der Waals surface area contributed by atoms with Crippen LogP contribution in [0.15, 0.2) is 59.1 Å². The molecule has 2 heteroatoms. The van der Waals surface area contributed by atoms with Gasteiger partial charge in [-0.25, -0.2) is 0 Å². The molecule has 0 N–H and O–H groups in total. The molecule has 1 aliphatic carbocycles. The van der Waals surface area contributed by atoms with Gasteiger partial charge in [0, 0.05) is 16.0 Å². The van der Waals surface area contributed by atoms with Gasteiger partial charge in [-0.1, -0.05) is 58.4 Å². The molecule has 2 aromatic carbocycles. The van der Waals surface area contributed by atoms with Gasteiger partial charge in [-0.2, -0.15) is 0 Å². The molecule has 1 aliphatic rings. The molecule has 0 radical (unpaired) electrons. The fraction of sp³-hybridized carbons (Fsp3) is 0.188. The van der Waals surface area contributed by atoms with Gasteiger partial charge < -0.3 is 0 Å². The Balaban J connectivity index is 1.75. The molecule has 1 saturated carbocycles. The molecule has 0 heterocycles. The quantitative estimate of drug-likeness (QED) is 0.766. The molecule has 90 valence electrons. The Morgan fingerprint density at radius 3 is 2.33 bits per heavy atom. The highest BCUT2D eigenvalue weighted by Crippen LogP contribution is 2.49. The lowest BCUT2D eigenvalue weighted by molar-refractivity contribution is 0.0965. The van der Waals surface area contributed by atoms with Crippen LogP contribution in [0.4, 0.5) is 0 Å². The first kappa shape index (κ1) is 11.7. The van der Waals surface area contributed by atoms with E-state index < -0.39 is 0 Å².